The smallest absolute Gasteiger partial charge is 0.258 e. The highest BCUT2D eigenvalue weighted by Gasteiger charge is 2.38. The SMILES string of the molecule is CN[C@@H](C)C(=O)N[C@H]1CN(C(=O)c2ccccc2)c2ccccc2N(Cc2c(OC)ccc3cc(Br)ccc23)C1=O. The number of ether oxygens (including phenoxy) is 1. The Hall–Kier alpha value is -4.21. The number of para-hydroxylation sites is 2. The zero-order valence-corrected chi connectivity index (χ0v) is 24.6. The lowest BCUT2D eigenvalue weighted by Crippen LogP contribution is -2.55. The number of carbonyl (C=O) groups is 3. The number of hydrogen-bond acceptors (Lipinski definition) is 5. The van der Waals surface area contributed by atoms with Crippen molar-refractivity contribution in [2.45, 2.75) is 25.6 Å². The van der Waals surface area contributed by atoms with Crippen LogP contribution in [0.15, 0.2) is 89.4 Å². The second-order valence-electron chi connectivity index (χ2n) is 9.88. The Balaban J connectivity index is 1.65. The van der Waals surface area contributed by atoms with E-state index in [-0.39, 0.29) is 30.8 Å². The van der Waals surface area contributed by atoms with E-state index in [2.05, 4.69) is 26.6 Å². The Kier molecular flexibility index (Phi) is 8.37. The second kappa shape index (κ2) is 12.1. The fraction of sp³-hybridized carbons (Fsp3) is 0.219. The molecule has 8 nitrogen and oxygen atoms in total. The van der Waals surface area contributed by atoms with Crippen LogP contribution < -0.4 is 25.2 Å². The molecule has 0 aliphatic carbocycles. The number of nitrogens with zero attached hydrogens (tertiary/aromatic N) is 2. The number of fused-ring (bicyclic) bond motifs is 2. The summed E-state index contributed by atoms with van der Waals surface area (Å²) in [6.45, 7) is 1.86. The molecule has 3 amide bonds. The van der Waals surface area contributed by atoms with Crippen LogP contribution >= 0.6 is 15.9 Å². The molecule has 9 heteroatoms. The molecule has 0 spiro atoms. The first-order valence-electron chi connectivity index (χ1n) is 13.3. The second-order valence-corrected chi connectivity index (χ2v) is 10.8. The average Bonchev–Trinajstić information content (AvgIpc) is 3.11. The van der Waals surface area contributed by atoms with E-state index in [4.69, 9.17) is 4.74 Å². The highest BCUT2D eigenvalue weighted by molar-refractivity contribution is 9.10. The molecule has 0 saturated carbocycles. The van der Waals surface area contributed by atoms with Gasteiger partial charge in [-0.2, -0.15) is 0 Å². The zero-order valence-electron chi connectivity index (χ0n) is 23.1. The third-order valence-corrected chi connectivity index (χ3v) is 7.88. The monoisotopic (exact) mass is 614 g/mol. The van der Waals surface area contributed by atoms with Gasteiger partial charge in [-0.15, -0.1) is 0 Å². The van der Waals surface area contributed by atoms with Crippen LogP contribution in [-0.2, 0) is 16.1 Å². The topological polar surface area (TPSA) is 91.0 Å². The summed E-state index contributed by atoms with van der Waals surface area (Å²) < 4.78 is 6.68. The molecule has 4 aromatic rings. The van der Waals surface area contributed by atoms with Crippen LogP contribution in [-0.4, -0.2) is 50.5 Å². The van der Waals surface area contributed by atoms with E-state index in [0.29, 0.717) is 22.7 Å². The minimum atomic E-state index is -0.992. The van der Waals surface area contributed by atoms with E-state index in [0.717, 1.165) is 20.8 Å². The van der Waals surface area contributed by atoms with Crippen molar-refractivity contribution in [2.24, 2.45) is 0 Å². The van der Waals surface area contributed by atoms with Crippen molar-refractivity contribution in [3.8, 4) is 5.75 Å². The Morgan fingerprint density at radius 3 is 2.41 bits per heavy atom. The summed E-state index contributed by atoms with van der Waals surface area (Å²) >= 11 is 3.54. The molecule has 0 radical (unpaired) electrons. The first kappa shape index (κ1) is 28.3. The number of methoxy groups -OCH3 is 1. The van der Waals surface area contributed by atoms with E-state index in [1.807, 2.05) is 60.7 Å². The van der Waals surface area contributed by atoms with Gasteiger partial charge in [0.1, 0.15) is 11.8 Å². The molecule has 4 aromatic carbocycles. The van der Waals surface area contributed by atoms with E-state index in [1.54, 1.807) is 55.1 Å². The molecule has 2 N–H and O–H groups in total. The van der Waals surface area contributed by atoms with Gasteiger partial charge in [0, 0.05) is 15.6 Å². The van der Waals surface area contributed by atoms with E-state index < -0.39 is 12.1 Å². The molecule has 0 bridgehead atoms. The lowest BCUT2D eigenvalue weighted by Gasteiger charge is -2.27. The Bertz CT molecular complexity index is 1610. The zero-order chi connectivity index (χ0) is 29.1. The van der Waals surface area contributed by atoms with Crippen molar-refractivity contribution in [1.82, 2.24) is 10.6 Å². The Morgan fingerprint density at radius 1 is 1.00 bits per heavy atom. The predicted molar refractivity (Wildman–Crippen MR) is 164 cm³/mol. The average molecular weight is 616 g/mol. The van der Waals surface area contributed by atoms with Gasteiger partial charge in [0.2, 0.25) is 5.91 Å². The molecule has 0 unspecified atom stereocenters. The quantitative estimate of drug-likeness (QED) is 0.309. The summed E-state index contributed by atoms with van der Waals surface area (Å²) in [5.74, 6) is -0.290. The van der Waals surface area contributed by atoms with Crippen LogP contribution in [0.4, 0.5) is 11.4 Å². The van der Waals surface area contributed by atoms with Crippen molar-refractivity contribution in [1.29, 1.82) is 0 Å². The molecule has 210 valence electrons. The predicted octanol–water partition coefficient (Wildman–Crippen LogP) is 4.90. The van der Waals surface area contributed by atoms with Crippen LogP contribution in [0, 0.1) is 0 Å². The summed E-state index contributed by atoms with van der Waals surface area (Å²) in [5, 5.41) is 7.73. The van der Waals surface area contributed by atoms with E-state index in [1.165, 1.54) is 0 Å². The van der Waals surface area contributed by atoms with Gasteiger partial charge in [-0.3, -0.25) is 14.4 Å². The summed E-state index contributed by atoms with van der Waals surface area (Å²) in [4.78, 5) is 44.5. The number of nitrogens with one attached hydrogen (secondary N) is 2. The van der Waals surface area contributed by atoms with Gasteiger partial charge in [-0.1, -0.05) is 58.4 Å². The highest BCUT2D eigenvalue weighted by atomic mass is 79.9. The van der Waals surface area contributed by atoms with Crippen molar-refractivity contribution in [3.63, 3.8) is 0 Å². The first-order valence-corrected chi connectivity index (χ1v) is 14.1. The Labute approximate surface area is 247 Å². The number of rotatable bonds is 7. The van der Waals surface area contributed by atoms with Crippen LogP contribution in [0.25, 0.3) is 10.8 Å². The summed E-state index contributed by atoms with van der Waals surface area (Å²) in [6, 6.07) is 24.5. The van der Waals surface area contributed by atoms with E-state index in [9.17, 15) is 14.4 Å². The minimum Gasteiger partial charge on any atom is -0.496 e. The first-order chi connectivity index (χ1) is 19.8. The Morgan fingerprint density at radius 2 is 1.71 bits per heavy atom. The number of hydrogen-bond donors (Lipinski definition) is 2. The largest absolute Gasteiger partial charge is 0.496 e. The van der Waals surface area contributed by atoms with Gasteiger partial charge in [-0.25, -0.2) is 0 Å². The van der Waals surface area contributed by atoms with Crippen LogP contribution in [0.3, 0.4) is 0 Å². The van der Waals surface area contributed by atoms with Gasteiger partial charge in [0.05, 0.1) is 37.6 Å². The van der Waals surface area contributed by atoms with Crippen molar-refractivity contribution in [2.75, 3.05) is 30.5 Å². The van der Waals surface area contributed by atoms with E-state index >= 15 is 0 Å². The molecule has 41 heavy (non-hydrogen) atoms. The molecular weight excluding hydrogens is 584 g/mol. The molecule has 1 aliphatic heterocycles. The van der Waals surface area contributed by atoms with Crippen molar-refractivity contribution >= 4 is 55.8 Å². The van der Waals surface area contributed by atoms with Gasteiger partial charge >= 0.3 is 0 Å². The maximum Gasteiger partial charge on any atom is 0.258 e. The summed E-state index contributed by atoms with van der Waals surface area (Å²) in [6.07, 6.45) is 0. The normalized spacial score (nSPS) is 15.7. The van der Waals surface area contributed by atoms with Crippen molar-refractivity contribution < 1.29 is 19.1 Å². The fourth-order valence-electron chi connectivity index (χ4n) is 5.07. The van der Waals surface area contributed by atoms with Gasteiger partial charge in [-0.05, 0) is 67.2 Å². The lowest BCUT2D eigenvalue weighted by molar-refractivity contribution is -0.128. The minimum absolute atomic E-state index is 0.0259. The molecule has 0 saturated heterocycles. The third kappa shape index (κ3) is 5.68. The molecule has 0 aromatic heterocycles. The molecular formula is C32H31BrN4O4. The van der Waals surface area contributed by atoms with Gasteiger partial charge in [0.15, 0.2) is 0 Å². The van der Waals surface area contributed by atoms with Crippen LogP contribution in [0.1, 0.15) is 22.8 Å². The molecule has 1 heterocycles. The number of benzene rings is 4. The number of amides is 3. The fourth-order valence-corrected chi connectivity index (χ4v) is 5.45. The van der Waals surface area contributed by atoms with Gasteiger partial charge < -0.3 is 25.2 Å². The third-order valence-electron chi connectivity index (χ3n) is 7.39. The highest BCUT2D eigenvalue weighted by Crippen LogP contribution is 2.38. The maximum absolute atomic E-state index is 14.4. The van der Waals surface area contributed by atoms with Crippen LogP contribution in [0.5, 0.6) is 5.75 Å². The molecule has 1 aliphatic rings. The molecule has 2 atom stereocenters. The lowest BCUT2D eigenvalue weighted by atomic mass is 10.0. The number of carbonyl (C=O) groups excluding carboxylic acids is 3. The number of likely N-dealkylation sites (N-methyl/N-ethyl adjacent to an activating group) is 1. The van der Waals surface area contributed by atoms with Gasteiger partial charge in [0.25, 0.3) is 11.8 Å². The maximum atomic E-state index is 14.4. The summed E-state index contributed by atoms with van der Waals surface area (Å²) in [7, 11) is 3.28. The number of halogens is 1. The number of anilines is 2. The van der Waals surface area contributed by atoms with Crippen molar-refractivity contribution in [3.05, 3.63) is 101 Å². The molecule has 0 fully saturated rings. The summed E-state index contributed by atoms with van der Waals surface area (Å²) in [5.41, 5.74) is 2.45. The van der Waals surface area contributed by atoms with Crippen LogP contribution in [0.2, 0.25) is 0 Å². The molecule has 5 rings (SSSR count). The standard InChI is InChI=1S/C32H31BrN4O4/c1-20(34-2)30(38)35-26-19-37(31(39)21-9-5-4-6-10-21)28-12-8-7-11-27(28)36(32(26)40)18-25-24-15-14-23(33)17-22(24)13-16-29(25)41-3/h4-17,20,26,34H,18-19H2,1-3H3,(H,35,38)/t20-,26-/m0/s1.